The highest BCUT2D eigenvalue weighted by Gasteiger charge is 2.36. The second-order valence-corrected chi connectivity index (χ2v) is 13.8. The number of aromatic nitrogens is 2. The number of hydrogen-bond acceptors (Lipinski definition) is 2. The fourth-order valence-corrected chi connectivity index (χ4v) is 7.47. The van der Waals surface area contributed by atoms with Gasteiger partial charge in [-0.2, -0.15) is 63.2 Å². The highest BCUT2D eigenvalue weighted by molar-refractivity contribution is 6.12. The predicted molar refractivity (Wildman–Crippen MR) is 195 cm³/mol. The molecule has 4 nitrogen and oxygen atoms in total. The van der Waals surface area contributed by atoms with Gasteiger partial charge in [0.05, 0.1) is 79.0 Å². The van der Waals surface area contributed by atoms with Crippen molar-refractivity contribution in [3.8, 4) is 34.6 Å². The summed E-state index contributed by atoms with van der Waals surface area (Å²) in [5.74, 6) is 0. The van der Waals surface area contributed by atoms with Crippen LogP contribution in [0.3, 0.4) is 0 Å². The van der Waals surface area contributed by atoms with E-state index in [2.05, 4.69) is 0 Å². The van der Waals surface area contributed by atoms with Crippen LogP contribution in [0.2, 0.25) is 0 Å². The minimum absolute atomic E-state index is 0.0156. The minimum Gasteiger partial charge on any atom is -0.307 e. The second-order valence-electron chi connectivity index (χ2n) is 13.8. The molecule has 0 aliphatic rings. The van der Waals surface area contributed by atoms with Crippen LogP contribution < -0.4 is 0 Å². The topological polar surface area (TPSA) is 57.4 Å². The van der Waals surface area contributed by atoms with Gasteiger partial charge in [-0.1, -0.05) is 30.3 Å². The Kier molecular flexibility index (Phi) is 8.60. The normalized spacial score (nSPS) is 12.8. The van der Waals surface area contributed by atoms with Crippen LogP contribution in [0.4, 0.5) is 52.7 Å². The van der Waals surface area contributed by atoms with E-state index in [0.29, 0.717) is 35.2 Å². The van der Waals surface area contributed by atoms with Gasteiger partial charge in [-0.15, -0.1) is 0 Å². The molecule has 0 unspecified atom stereocenters. The lowest BCUT2D eigenvalue weighted by Gasteiger charge is -2.21. The lowest BCUT2D eigenvalue weighted by Crippen LogP contribution is -2.09. The Bertz CT molecular complexity index is 3070. The number of benzene rings is 6. The van der Waals surface area contributed by atoms with E-state index in [9.17, 15) is 63.2 Å². The SMILES string of the molecule is Cc1ccc2c3ccc(C(F)(F)F)cc3n(-c3cc(C#N)c(-c4cc(C#N)cc(C(F)(F)F)c4)cc3-n3c4cc(C(F)(F)F)ccc4c4ccc(C(F)(F)F)cc43)c2c1. The Morgan fingerprint density at radius 2 is 0.831 bits per heavy atom. The molecule has 8 aromatic rings. The molecule has 0 amide bonds. The fraction of sp³-hybridized carbons (Fsp3) is 0.116. The van der Waals surface area contributed by atoms with E-state index in [1.54, 1.807) is 31.2 Å². The molecule has 0 saturated heterocycles. The van der Waals surface area contributed by atoms with Gasteiger partial charge in [0.15, 0.2) is 0 Å². The van der Waals surface area contributed by atoms with Crippen molar-refractivity contribution in [2.24, 2.45) is 0 Å². The maximum Gasteiger partial charge on any atom is 0.416 e. The second kappa shape index (κ2) is 13.0. The predicted octanol–water partition coefficient (Wildman–Crippen LogP) is 13.7. The van der Waals surface area contributed by atoms with Gasteiger partial charge in [0.25, 0.3) is 0 Å². The first-order chi connectivity index (χ1) is 27.6. The van der Waals surface area contributed by atoms with Gasteiger partial charge in [-0.05, 0) is 90.8 Å². The first-order valence-electron chi connectivity index (χ1n) is 17.1. The summed E-state index contributed by atoms with van der Waals surface area (Å²) in [7, 11) is 0. The zero-order valence-electron chi connectivity index (χ0n) is 29.6. The Balaban J connectivity index is 1.63. The average molecular weight is 821 g/mol. The summed E-state index contributed by atoms with van der Waals surface area (Å²) in [6.07, 6.45) is -19.8. The zero-order chi connectivity index (χ0) is 42.6. The summed E-state index contributed by atoms with van der Waals surface area (Å²) in [6, 6.07) is 20.4. The fourth-order valence-electron chi connectivity index (χ4n) is 7.47. The molecule has 0 fully saturated rings. The van der Waals surface area contributed by atoms with Crippen molar-refractivity contribution < 1.29 is 52.7 Å². The van der Waals surface area contributed by atoms with Gasteiger partial charge in [-0.25, -0.2) is 0 Å². The molecule has 0 atom stereocenters. The summed E-state index contributed by atoms with van der Waals surface area (Å²) in [6.45, 7) is 1.66. The molecule has 6 aromatic carbocycles. The van der Waals surface area contributed by atoms with E-state index < -0.39 is 58.1 Å². The Hall–Kier alpha value is -6.94. The van der Waals surface area contributed by atoms with Gasteiger partial charge in [0.1, 0.15) is 0 Å². The van der Waals surface area contributed by atoms with E-state index in [4.69, 9.17) is 0 Å². The number of rotatable bonds is 3. The Morgan fingerprint density at radius 3 is 1.24 bits per heavy atom. The Morgan fingerprint density at radius 1 is 0.424 bits per heavy atom. The molecule has 59 heavy (non-hydrogen) atoms. The summed E-state index contributed by atoms with van der Waals surface area (Å²) in [5, 5.41) is 20.9. The van der Waals surface area contributed by atoms with Crippen molar-refractivity contribution in [3.05, 3.63) is 142 Å². The molecule has 2 aromatic heterocycles. The van der Waals surface area contributed by atoms with Crippen molar-refractivity contribution in [3.63, 3.8) is 0 Å². The molecule has 0 spiro atoms. The van der Waals surface area contributed by atoms with Crippen LogP contribution in [0.15, 0.2) is 103 Å². The van der Waals surface area contributed by atoms with Crippen LogP contribution in [0.1, 0.15) is 38.9 Å². The summed E-state index contributed by atoms with van der Waals surface area (Å²) < 4.78 is 174. The Labute approximate surface area is 323 Å². The molecule has 0 aliphatic carbocycles. The number of halogens is 12. The standard InChI is InChI=1S/C43H20F12N4/c1-21-2-6-29-30-7-3-25(40(44,45)46)15-35(30)58(34(29)10-21)38-14-24(20-57)33(23-11-22(19-56)12-28(13-23)43(53,54)55)18-39(38)59-36-16-26(41(47,48)49)4-8-31(36)32-9-5-27(17-37(32)59)42(50,51)52/h2-18H,1H3. The first kappa shape index (κ1) is 38.9. The quantitative estimate of drug-likeness (QED) is 0.167. The molecule has 2 heterocycles. The van der Waals surface area contributed by atoms with Gasteiger partial charge in [-0.3, -0.25) is 0 Å². The third kappa shape index (κ3) is 6.54. The summed E-state index contributed by atoms with van der Waals surface area (Å²) in [5.41, 5.74) is -6.99. The largest absolute Gasteiger partial charge is 0.416 e. The maximum absolute atomic E-state index is 14.3. The maximum atomic E-state index is 14.3. The van der Waals surface area contributed by atoms with Crippen LogP contribution in [-0.4, -0.2) is 9.13 Å². The monoisotopic (exact) mass is 820 g/mol. The summed E-state index contributed by atoms with van der Waals surface area (Å²) in [4.78, 5) is 0. The minimum atomic E-state index is -5.01. The molecular weight excluding hydrogens is 800 g/mol. The van der Waals surface area contributed by atoms with Crippen LogP contribution >= 0.6 is 0 Å². The van der Waals surface area contributed by atoms with E-state index >= 15 is 0 Å². The van der Waals surface area contributed by atoms with Crippen LogP contribution in [0, 0.1) is 29.6 Å². The van der Waals surface area contributed by atoms with Crippen molar-refractivity contribution >= 4 is 43.6 Å². The van der Waals surface area contributed by atoms with Crippen molar-refractivity contribution in [1.29, 1.82) is 10.5 Å². The van der Waals surface area contributed by atoms with Gasteiger partial charge >= 0.3 is 24.7 Å². The third-order valence-electron chi connectivity index (χ3n) is 10.1. The molecule has 0 N–H and O–H groups in total. The molecule has 0 aliphatic heterocycles. The number of hydrogen-bond donors (Lipinski definition) is 0. The third-order valence-corrected chi connectivity index (χ3v) is 10.1. The summed E-state index contributed by atoms with van der Waals surface area (Å²) >= 11 is 0. The zero-order valence-corrected chi connectivity index (χ0v) is 29.6. The van der Waals surface area contributed by atoms with Crippen LogP contribution in [0.25, 0.3) is 66.1 Å². The van der Waals surface area contributed by atoms with Crippen LogP contribution in [-0.2, 0) is 24.7 Å². The van der Waals surface area contributed by atoms with E-state index in [1.165, 1.54) is 10.6 Å². The van der Waals surface area contributed by atoms with E-state index in [1.807, 2.05) is 6.07 Å². The smallest absolute Gasteiger partial charge is 0.307 e. The number of nitrogens with zero attached hydrogens (tertiary/aromatic N) is 4. The molecule has 0 radical (unpaired) electrons. The first-order valence-corrected chi connectivity index (χ1v) is 17.1. The van der Waals surface area contributed by atoms with Crippen molar-refractivity contribution in [1.82, 2.24) is 9.13 Å². The van der Waals surface area contributed by atoms with E-state index in [0.717, 1.165) is 59.2 Å². The molecule has 8 rings (SSSR count). The molecule has 0 saturated carbocycles. The van der Waals surface area contributed by atoms with E-state index in [-0.39, 0.29) is 60.7 Å². The van der Waals surface area contributed by atoms with Crippen molar-refractivity contribution in [2.75, 3.05) is 0 Å². The van der Waals surface area contributed by atoms with Gasteiger partial charge in [0, 0.05) is 27.1 Å². The highest BCUT2D eigenvalue weighted by Crippen LogP contribution is 2.45. The number of aryl methyl sites for hydroxylation is 1. The molecule has 296 valence electrons. The van der Waals surface area contributed by atoms with Gasteiger partial charge in [0.2, 0.25) is 0 Å². The lowest BCUT2D eigenvalue weighted by atomic mass is 9.94. The molecular formula is C43H20F12N4. The van der Waals surface area contributed by atoms with Crippen LogP contribution in [0.5, 0.6) is 0 Å². The molecule has 0 bridgehead atoms. The van der Waals surface area contributed by atoms with Crippen molar-refractivity contribution in [2.45, 2.75) is 31.6 Å². The number of alkyl halides is 12. The van der Waals surface area contributed by atoms with Gasteiger partial charge < -0.3 is 9.13 Å². The highest BCUT2D eigenvalue weighted by atomic mass is 19.4. The number of nitriles is 2. The lowest BCUT2D eigenvalue weighted by molar-refractivity contribution is -0.138. The number of fused-ring (bicyclic) bond motifs is 6. The average Bonchev–Trinajstić information content (AvgIpc) is 3.66. The molecule has 16 heteroatoms.